The van der Waals surface area contributed by atoms with Crippen molar-refractivity contribution in [2.24, 2.45) is 0 Å². The van der Waals surface area contributed by atoms with Gasteiger partial charge in [0.15, 0.2) is 5.82 Å². The molecule has 4 rings (SSSR count). The fourth-order valence-corrected chi connectivity index (χ4v) is 3.01. The van der Waals surface area contributed by atoms with Crippen molar-refractivity contribution >= 4 is 11.7 Å². The van der Waals surface area contributed by atoms with Gasteiger partial charge < -0.3 is 4.98 Å². The number of H-pyrrole nitrogens is 1. The number of nitrogens with one attached hydrogen (secondary N) is 1. The third kappa shape index (κ3) is 2.82. The SMILES string of the molecule is O=C(c1ccccc1)N1CCCc2c1nc(-c1ccccn1)[nH]c2=O. The van der Waals surface area contributed by atoms with Crippen molar-refractivity contribution in [1.82, 2.24) is 15.0 Å². The Morgan fingerprint density at radius 2 is 1.88 bits per heavy atom. The molecule has 3 aromatic rings. The van der Waals surface area contributed by atoms with Crippen LogP contribution < -0.4 is 10.5 Å². The number of hydrogen-bond donors (Lipinski definition) is 1. The fraction of sp³-hybridized carbons (Fsp3) is 0.158. The number of nitrogens with zero attached hydrogens (tertiary/aromatic N) is 3. The van der Waals surface area contributed by atoms with Gasteiger partial charge in [0.25, 0.3) is 11.5 Å². The third-order valence-corrected chi connectivity index (χ3v) is 4.23. The number of amides is 1. The second-order valence-corrected chi connectivity index (χ2v) is 5.86. The van der Waals surface area contributed by atoms with Gasteiger partial charge >= 0.3 is 0 Å². The first-order chi connectivity index (χ1) is 12.2. The molecule has 1 aliphatic rings. The molecule has 1 amide bonds. The minimum absolute atomic E-state index is 0.147. The van der Waals surface area contributed by atoms with Gasteiger partial charge in [0.05, 0.1) is 5.56 Å². The normalized spacial score (nSPS) is 13.4. The monoisotopic (exact) mass is 332 g/mol. The van der Waals surface area contributed by atoms with Gasteiger partial charge in [-0.3, -0.25) is 19.5 Å². The number of hydrogen-bond acceptors (Lipinski definition) is 4. The molecular formula is C19H16N4O2. The number of rotatable bonds is 2. The molecule has 0 saturated carbocycles. The Morgan fingerprint density at radius 1 is 1.08 bits per heavy atom. The molecule has 0 bridgehead atoms. The Kier molecular flexibility index (Phi) is 3.85. The van der Waals surface area contributed by atoms with Crippen molar-refractivity contribution in [3.05, 3.63) is 76.2 Å². The van der Waals surface area contributed by atoms with E-state index in [0.29, 0.717) is 41.4 Å². The van der Waals surface area contributed by atoms with E-state index in [9.17, 15) is 9.59 Å². The summed E-state index contributed by atoms with van der Waals surface area (Å²) < 4.78 is 0. The average molecular weight is 332 g/mol. The molecule has 6 nitrogen and oxygen atoms in total. The van der Waals surface area contributed by atoms with Crippen molar-refractivity contribution in [3.8, 4) is 11.5 Å². The number of anilines is 1. The first-order valence-electron chi connectivity index (χ1n) is 8.15. The summed E-state index contributed by atoms with van der Waals surface area (Å²) in [6, 6.07) is 14.4. The number of aromatic amines is 1. The van der Waals surface area contributed by atoms with Gasteiger partial charge in [0.1, 0.15) is 11.5 Å². The topological polar surface area (TPSA) is 79.0 Å². The molecule has 0 atom stereocenters. The van der Waals surface area contributed by atoms with Crippen LogP contribution in [0.15, 0.2) is 59.5 Å². The highest BCUT2D eigenvalue weighted by atomic mass is 16.2. The van der Waals surface area contributed by atoms with Crippen molar-refractivity contribution in [3.63, 3.8) is 0 Å². The minimum Gasteiger partial charge on any atom is -0.305 e. The Labute approximate surface area is 144 Å². The molecule has 2 aromatic heterocycles. The van der Waals surface area contributed by atoms with Crippen molar-refractivity contribution < 1.29 is 4.79 Å². The van der Waals surface area contributed by atoms with Crippen LogP contribution in [0, 0.1) is 0 Å². The lowest BCUT2D eigenvalue weighted by molar-refractivity contribution is 0.0984. The highest BCUT2D eigenvalue weighted by Gasteiger charge is 2.27. The van der Waals surface area contributed by atoms with Gasteiger partial charge in [-0.05, 0) is 37.1 Å². The molecule has 1 aromatic carbocycles. The number of fused-ring (bicyclic) bond motifs is 1. The van der Waals surface area contributed by atoms with E-state index < -0.39 is 0 Å². The zero-order chi connectivity index (χ0) is 17.2. The number of benzene rings is 1. The van der Waals surface area contributed by atoms with Crippen molar-refractivity contribution in [2.75, 3.05) is 11.4 Å². The van der Waals surface area contributed by atoms with E-state index in [1.165, 1.54) is 0 Å². The first-order valence-corrected chi connectivity index (χ1v) is 8.15. The molecule has 25 heavy (non-hydrogen) atoms. The molecule has 0 fully saturated rings. The summed E-state index contributed by atoms with van der Waals surface area (Å²) in [6.45, 7) is 0.541. The van der Waals surface area contributed by atoms with Crippen LogP contribution in [0.4, 0.5) is 5.82 Å². The first kappa shape index (κ1) is 15.3. The van der Waals surface area contributed by atoms with Crippen LogP contribution in [0.2, 0.25) is 0 Å². The number of carbonyl (C=O) groups is 1. The minimum atomic E-state index is -0.212. The van der Waals surface area contributed by atoms with E-state index in [1.54, 1.807) is 35.4 Å². The predicted octanol–water partition coefficient (Wildman–Crippen LogP) is 2.42. The largest absolute Gasteiger partial charge is 0.305 e. The fourth-order valence-electron chi connectivity index (χ4n) is 3.01. The van der Waals surface area contributed by atoms with Gasteiger partial charge in [-0.1, -0.05) is 24.3 Å². The molecule has 124 valence electrons. The summed E-state index contributed by atoms with van der Waals surface area (Å²) in [6.07, 6.45) is 2.99. The summed E-state index contributed by atoms with van der Waals surface area (Å²) >= 11 is 0. The molecule has 0 radical (unpaired) electrons. The smallest absolute Gasteiger partial charge is 0.259 e. The van der Waals surface area contributed by atoms with Gasteiger partial charge in [0, 0.05) is 18.3 Å². The molecule has 0 spiro atoms. The van der Waals surface area contributed by atoms with Crippen molar-refractivity contribution in [1.29, 1.82) is 0 Å². The molecule has 0 saturated heterocycles. The van der Waals surface area contributed by atoms with E-state index in [-0.39, 0.29) is 11.5 Å². The lowest BCUT2D eigenvalue weighted by atomic mass is 10.1. The maximum atomic E-state index is 12.9. The molecule has 1 aliphatic heterocycles. The van der Waals surface area contributed by atoms with E-state index >= 15 is 0 Å². The van der Waals surface area contributed by atoms with E-state index in [2.05, 4.69) is 15.0 Å². The quantitative estimate of drug-likeness (QED) is 0.782. The molecule has 0 unspecified atom stereocenters. The number of carbonyl (C=O) groups excluding carboxylic acids is 1. The Balaban J connectivity index is 1.82. The standard InChI is InChI=1S/C19H16N4O2/c24-18-14-9-6-12-23(19(25)13-7-2-1-3-8-13)17(14)21-16(22-18)15-10-4-5-11-20-15/h1-5,7-8,10-11H,6,9,12H2,(H,21,22,24). The summed E-state index contributed by atoms with van der Waals surface area (Å²) in [7, 11) is 0. The van der Waals surface area contributed by atoms with Gasteiger partial charge in [-0.2, -0.15) is 0 Å². The van der Waals surface area contributed by atoms with E-state index in [0.717, 1.165) is 6.42 Å². The lowest BCUT2D eigenvalue weighted by Gasteiger charge is -2.28. The Morgan fingerprint density at radius 3 is 2.64 bits per heavy atom. The summed E-state index contributed by atoms with van der Waals surface area (Å²) in [5.74, 6) is 0.660. The highest BCUT2D eigenvalue weighted by molar-refractivity contribution is 6.06. The van der Waals surface area contributed by atoms with Crippen molar-refractivity contribution in [2.45, 2.75) is 12.8 Å². The third-order valence-electron chi connectivity index (χ3n) is 4.23. The second kappa shape index (κ2) is 6.32. The molecular weight excluding hydrogens is 316 g/mol. The summed E-state index contributed by atoms with van der Waals surface area (Å²) in [5.41, 5.74) is 1.49. The maximum Gasteiger partial charge on any atom is 0.259 e. The van der Waals surface area contributed by atoms with Crippen LogP contribution in [0.1, 0.15) is 22.3 Å². The maximum absolute atomic E-state index is 12.9. The molecule has 3 heterocycles. The van der Waals surface area contributed by atoms with Crippen LogP contribution in [-0.2, 0) is 6.42 Å². The molecule has 1 N–H and O–H groups in total. The number of aromatic nitrogens is 3. The van der Waals surface area contributed by atoms with Crippen LogP contribution in [0.3, 0.4) is 0 Å². The van der Waals surface area contributed by atoms with Gasteiger partial charge in [-0.25, -0.2) is 4.98 Å². The van der Waals surface area contributed by atoms with Crippen LogP contribution >= 0.6 is 0 Å². The highest BCUT2D eigenvalue weighted by Crippen LogP contribution is 2.25. The molecule has 6 heteroatoms. The Hall–Kier alpha value is -3.28. The zero-order valence-electron chi connectivity index (χ0n) is 13.5. The van der Waals surface area contributed by atoms with E-state index in [4.69, 9.17) is 0 Å². The van der Waals surface area contributed by atoms with Gasteiger partial charge in [-0.15, -0.1) is 0 Å². The van der Waals surface area contributed by atoms with Gasteiger partial charge in [0.2, 0.25) is 0 Å². The zero-order valence-corrected chi connectivity index (χ0v) is 13.5. The lowest BCUT2D eigenvalue weighted by Crippen LogP contribution is -2.39. The van der Waals surface area contributed by atoms with Crippen LogP contribution in [0.5, 0.6) is 0 Å². The van der Waals surface area contributed by atoms with Crippen LogP contribution in [0.25, 0.3) is 11.5 Å². The van der Waals surface area contributed by atoms with E-state index in [1.807, 2.05) is 24.3 Å². The van der Waals surface area contributed by atoms with Crippen LogP contribution in [-0.4, -0.2) is 27.4 Å². The second-order valence-electron chi connectivity index (χ2n) is 5.86. The molecule has 0 aliphatic carbocycles. The summed E-state index contributed by atoms with van der Waals surface area (Å²) in [4.78, 5) is 38.5. The number of pyridine rings is 1. The predicted molar refractivity (Wildman–Crippen MR) is 94.5 cm³/mol. The Bertz CT molecular complexity index is 968. The average Bonchev–Trinajstić information content (AvgIpc) is 2.68. The summed E-state index contributed by atoms with van der Waals surface area (Å²) in [5, 5.41) is 0.